The van der Waals surface area contributed by atoms with Gasteiger partial charge in [0.15, 0.2) is 0 Å². The van der Waals surface area contributed by atoms with Gasteiger partial charge in [0.05, 0.1) is 28.1 Å². The van der Waals surface area contributed by atoms with E-state index in [2.05, 4.69) is 174 Å². The molecular weight excluding hydrogens is 687 g/mol. The molecule has 0 saturated heterocycles. The third-order valence-electron chi connectivity index (χ3n) is 11.3. The summed E-state index contributed by atoms with van der Waals surface area (Å²) in [4.78, 5) is 7.62. The van der Waals surface area contributed by atoms with Gasteiger partial charge >= 0.3 is 0 Å². The summed E-state index contributed by atoms with van der Waals surface area (Å²) < 4.78 is 2.25. The predicted octanol–water partition coefficient (Wildman–Crippen LogP) is 12.7. The molecule has 4 heteroatoms. The maximum Gasteiger partial charge on any atom is 0.145 e. The van der Waals surface area contributed by atoms with E-state index in [-0.39, 0.29) is 0 Å². The smallest absolute Gasteiger partial charge is 0.145 e. The molecule has 0 unspecified atom stereocenters. The van der Waals surface area contributed by atoms with E-state index in [4.69, 9.17) is 4.98 Å². The first-order valence-electron chi connectivity index (χ1n) is 18.5. The highest BCUT2D eigenvalue weighted by Gasteiger charge is 2.50. The van der Waals surface area contributed by atoms with Crippen LogP contribution in [-0.4, -0.2) is 9.55 Å². The lowest BCUT2D eigenvalue weighted by atomic mass is 9.66. The van der Waals surface area contributed by atoms with Crippen LogP contribution in [0.1, 0.15) is 27.8 Å². The van der Waals surface area contributed by atoms with E-state index in [0.717, 1.165) is 39.2 Å². The molecule has 0 radical (unpaired) electrons. The van der Waals surface area contributed by atoms with Crippen LogP contribution in [0.2, 0.25) is 0 Å². The minimum Gasteiger partial charge on any atom is -0.292 e. The van der Waals surface area contributed by atoms with Gasteiger partial charge in [0.1, 0.15) is 5.82 Å². The second kappa shape index (κ2) is 12.3. The Bertz CT molecular complexity index is 2960. The molecule has 8 aromatic carbocycles. The number of nitriles is 1. The molecule has 0 bridgehead atoms. The molecule has 9 aromatic rings. The SMILES string of the molecule is N#Cc1ccc(-c2cccc3c2Sc2ccc(-c4ccc(-c5nc6ccccc6n5-c5ccccc5)cc4)cc2C32c3ccccc3-c3ccccc32)cc1. The fourth-order valence-electron chi connectivity index (χ4n) is 8.93. The first-order valence-corrected chi connectivity index (χ1v) is 19.3. The fourth-order valence-corrected chi connectivity index (χ4v) is 10.2. The number of benzene rings is 8. The number of hydrogen-bond donors (Lipinski definition) is 0. The van der Waals surface area contributed by atoms with Crippen molar-refractivity contribution in [1.29, 1.82) is 5.26 Å². The van der Waals surface area contributed by atoms with Crippen LogP contribution in [0.3, 0.4) is 0 Å². The van der Waals surface area contributed by atoms with Crippen molar-refractivity contribution >= 4 is 22.8 Å². The number of para-hydroxylation sites is 3. The van der Waals surface area contributed by atoms with Gasteiger partial charge in [-0.25, -0.2) is 4.98 Å². The summed E-state index contributed by atoms with van der Waals surface area (Å²) >= 11 is 1.85. The van der Waals surface area contributed by atoms with Gasteiger partial charge < -0.3 is 0 Å². The van der Waals surface area contributed by atoms with Crippen molar-refractivity contribution in [2.24, 2.45) is 0 Å². The van der Waals surface area contributed by atoms with E-state index in [1.165, 1.54) is 54.3 Å². The Kier molecular flexibility index (Phi) is 7.07. The maximum atomic E-state index is 9.52. The Labute approximate surface area is 323 Å². The van der Waals surface area contributed by atoms with Crippen molar-refractivity contribution in [2.45, 2.75) is 15.2 Å². The summed E-state index contributed by atoms with van der Waals surface area (Å²) in [6.07, 6.45) is 0. The Morgan fingerprint density at radius 2 is 1.09 bits per heavy atom. The summed E-state index contributed by atoms with van der Waals surface area (Å²) in [5.74, 6) is 0.925. The first-order chi connectivity index (χ1) is 27.2. The summed E-state index contributed by atoms with van der Waals surface area (Å²) in [7, 11) is 0. The topological polar surface area (TPSA) is 41.6 Å². The van der Waals surface area contributed by atoms with Crippen molar-refractivity contribution in [3.05, 3.63) is 216 Å². The van der Waals surface area contributed by atoms with E-state index >= 15 is 0 Å². The number of aromatic nitrogens is 2. The lowest BCUT2D eigenvalue weighted by Crippen LogP contribution is -2.32. The molecule has 11 rings (SSSR count). The normalized spacial score (nSPS) is 13.1. The largest absolute Gasteiger partial charge is 0.292 e. The van der Waals surface area contributed by atoms with Crippen LogP contribution in [0, 0.1) is 11.3 Å². The van der Waals surface area contributed by atoms with Crippen LogP contribution in [0.4, 0.5) is 0 Å². The van der Waals surface area contributed by atoms with Gasteiger partial charge in [0.25, 0.3) is 0 Å². The number of hydrogen-bond acceptors (Lipinski definition) is 3. The molecule has 1 aromatic heterocycles. The molecule has 1 aliphatic carbocycles. The van der Waals surface area contributed by atoms with Gasteiger partial charge in [0.2, 0.25) is 0 Å². The van der Waals surface area contributed by atoms with Gasteiger partial charge in [-0.2, -0.15) is 5.26 Å². The Morgan fingerprint density at radius 3 is 1.84 bits per heavy atom. The van der Waals surface area contributed by atoms with Gasteiger partial charge in [-0.1, -0.05) is 151 Å². The highest BCUT2D eigenvalue weighted by atomic mass is 32.2. The lowest BCUT2D eigenvalue weighted by Gasteiger charge is -2.40. The minimum atomic E-state index is -0.512. The molecule has 2 aliphatic rings. The number of imidazole rings is 1. The van der Waals surface area contributed by atoms with Crippen molar-refractivity contribution in [3.8, 4) is 56.5 Å². The minimum absolute atomic E-state index is 0.512. The van der Waals surface area contributed by atoms with Crippen LogP contribution in [0.25, 0.3) is 61.5 Å². The number of fused-ring (bicyclic) bond motifs is 10. The van der Waals surface area contributed by atoms with Crippen LogP contribution < -0.4 is 0 Å². The second-order valence-corrected chi connectivity index (χ2v) is 15.3. The molecule has 0 amide bonds. The standard InChI is InChI=1S/C51H31N3S/c52-32-33-21-23-35(24-22-33)39-15-10-18-44-49(39)55-48-30-29-37(31-45(48)51(44)42-16-6-4-13-40(42)41-14-5-7-17-43(41)51)34-25-27-36(28-26-34)50-53-46-19-8-9-20-47(46)54(50)38-11-2-1-3-12-38/h1-31H. The van der Waals surface area contributed by atoms with Crippen molar-refractivity contribution in [1.82, 2.24) is 9.55 Å². The zero-order valence-corrected chi connectivity index (χ0v) is 30.5. The molecule has 1 spiro atoms. The van der Waals surface area contributed by atoms with E-state index in [9.17, 15) is 5.26 Å². The molecule has 2 heterocycles. The predicted molar refractivity (Wildman–Crippen MR) is 224 cm³/mol. The number of rotatable bonds is 4. The summed E-state index contributed by atoms with van der Waals surface area (Å²) in [6.45, 7) is 0. The van der Waals surface area contributed by atoms with Gasteiger partial charge in [-0.3, -0.25) is 4.57 Å². The van der Waals surface area contributed by atoms with E-state index in [0.29, 0.717) is 5.56 Å². The Balaban J connectivity index is 1.09. The fraction of sp³-hybridized carbons (Fsp3) is 0.0196. The van der Waals surface area contributed by atoms with E-state index < -0.39 is 5.41 Å². The van der Waals surface area contributed by atoms with E-state index in [1.54, 1.807) is 0 Å². The summed E-state index contributed by atoms with van der Waals surface area (Å²) in [5, 5.41) is 9.52. The molecule has 0 saturated carbocycles. The van der Waals surface area contributed by atoms with Crippen LogP contribution in [0.5, 0.6) is 0 Å². The average molecular weight is 718 g/mol. The van der Waals surface area contributed by atoms with Crippen LogP contribution in [0.15, 0.2) is 198 Å². The molecule has 55 heavy (non-hydrogen) atoms. The van der Waals surface area contributed by atoms with E-state index in [1.807, 2.05) is 36.0 Å². The van der Waals surface area contributed by atoms with Gasteiger partial charge in [0, 0.05) is 21.0 Å². The van der Waals surface area contributed by atoms with Crippen molar-refractivity contribution in [3.63, 3.8) is 0 Å². The molecule has 256 valence electrons. The van der Waals surface area contributed by atoms with Gasteiger partial charge in [-0.05, 0) is 104 Å². The zero-order valence-electron chi connectivity index (χ0n) is 29.6. The third-order valence-corrected chi connectivity index (χ3v) is 12.6. The van der Waals surface area contributed by atoms with Crippen molar-refractivity contribution in [2.75, 3.05) is 0 Å². The monoisotopic (exact) mass is 717 g/mol. The summed E-state index contributed by atoms with van der Waals surface area (Å²) in [5.41, 5.74) is 16.8. The number of nitrogens with zero attached hydrogens (tertiary/aromatic N) is 3. The molecule has 0 fully saturated rings. The van der Waals surface area contributed by atoms with Crippen LogP contribution >= 0.6 is 11.8 Å². The second-order valence-electron chi connectivity index (χ2n) is 14.2. The Hall–Kier alpha value is -6.93. The Morgan fingerprint density at radius 1 is 0.491 bits per heavy atom. The average Bonchev–Trinajstić information content (AvgIpc) is 3.79. The third kappa shape index (κ3) is 4.67. The lowest BCUT2D eigenvalue weighted by molar-refractivity contribution is 0.723. The molecule has 0 atom stereocenters. The maximum absolute atomic E-state index is 9.52. The zero-order chi connectivity index (χ0) is 36.5. The molecule has 3 nitrogen and oxygen atoms in total. The molecular formula is C51H31N3S. The van der Waals surface area contributed by atoms with Crippen molar-refractivity contribution < 1.29 is 0 Å². The van der Waals surface area contributed by atoms with Gasteiger partial charge in [-0.15, -0.1) is 0 Å². The quantitative estimate of drug-likeness (QED) is 0.182. The highest BCUT2D eigenvalue weighted by Crippen LogP contribution is 2.63. The first kappa shape index (κ1) is 31.6. The molecule has 0 N–H and O–H groups in total. The molecule has 1 aliphatic heterocycles. The summed E-state index contributed by atoms with van der Waals surface area (Å²) in [6, 6.07) is 69.7. The van der Waals surface area contributed by atoms with Crippen LogP contribution in [-0.2, 0) is 5.41 Å². The highest BCUT2D eigenvalue weighted by molar-refractivity contribution is 7.99.